The molecule has 1 aromatic carbocycles. The molecule has 23 heavy (non-hydrogen) atoms. The van der Waals surface area contributed by atoms with Crippen LogP contribution in [-0.2, 0) is 4.79 Å². The third-order valence-corrected chi connectivity index (χ3v) is 5.66. The molecule has 0 radical (unpaired) electrons. The minimum Gasteiger partial charge on any atom is -0.339 e. The van der Waals surface area contributed by atoms with Gasteiger partial charge < -0.3 is 9.80 Å². The number of carbonyl (C=O) groups excluding carboxylic acids is 2. The van der Waals surface area contributed by atoms with Gasteiger partial charge in [0.2, 0.25) is 5.91 Å². The maximum absolute atomic E-state index is 12.5. The van der Waals surface area contributed by atoms with Crippen molar-refractivity contribution in [3.63, 3.8) is 0 Å². The van der Waals surface area contributed by atoms with Gasteiger partial charge in [0.25, 0.3) is 5.91 Å². The highest BCUT2D eigenvalue weighted by Crippen LogP contribution is 2.27. The van der Waals surface area contributed by atoms with Crippen molar-refractivity contribution in [2.75, 3.05) is 32.4 Å². The Kier molecular flexibility index (Phi) is 5.26. The Hall–Kier alpha value is -1.49. The van der Waals surface area contributed by atoms with Crippen molar-refractivity contribution in [1.82, 2.24) is 9.80 Å². The third-order valence-electron chi connectivity index (χ3n) is 4.92. The van der Waals surface area contributed by atoms with Crippen LogP contribution in [0.3, 0.4) is 0 Å². The van der Waals surface area contributed by atoms with Crippen molar-refractivity contribution >= 4 is 23.6 Å². The standard InChI is InChI=1S/C18H24N2O2S/c1-23-16-8-6-15(7-9-16)18(22)20-12-10-19(11-13-20)17(21)14-4-2-3-5-14/h6-9,14H,2-5,10-13H2,1H3. The predicted octanol–water partition coefficient (Wildman–Crippen LogP) is 2.88. The summed E-state index contributed by atoms with van der Waals surface area (Å²) in [7, 11) is 0. The van der Waals surface area contributed by atoms with Crippen LogP contribution in [-0.4, -0.2) is 54.0 Å². The lowest BCUT2D eigenvalue weighted by atomic mass is 10.1. The normalized spacial score (nSPS) is 19.2. The summed E-state index contributed by atoms with van der Waals surface area (Å²) in [5.41, 5.74) is 0.735. The number of amides is 2. The van der Waals surface area contributed by atoms with E-state index < -0.39 is 0 Å². The zero-order valence-electron chi connectivity index (χ0n) is 13.7. The van der Waals surface area contributed by atoms with Crippen LogP contribution in [0.25, 0.3) is 0 Å². The molecule has 1 saturated carbocycles. The molecule has 0 bridgehead atoms. The van der Waals surface area contributed by atoms with Gasteiger partial charge in [-0.3, -0.25) is 9.59 Å². The van der Waals surface area contributed by atoms with E-state index in [1.165, 1.54) is 12.8 Å². The summed E-state index contributed by atoms with van der Waals surface area (Å²) in [5.74, 6) is 0.612. The fourth-order valence-corrected chi connectivity index (χ4v) is 3.89. The highest BCUT2D eigenvalue weighted by molar-refractivity contribution is 7.98. The summed E-state index contributed by atoms with van der Waals surface area (Å²) in [5, 5.41) is 0. The van der Waals surface area contributed by atoms with E-state index in [1.807, 2.05) is 40.3 Å². The quantitative estimate of drug-likeness (QED) is 0.799. The maximum Gasteiger partial charge on any atom is 0.253 e. The molecule has 0 aromatic heterocycles. The number of hydrogen-bond acceptors (Lipinski definition) is 3. The summed E-state index contributed by atoms with van der Waals surface area (Å²) in [6.45, 7) is 2.62. The largest absolute Gasteiger partial charge is 0.339 e. The molecule has 4 nitrogen and oxygen atoms in total. The van der Waals surface area contributed by atoms with Crippen LogP contribution in [0.1, 0.15) is 36.0 Å². The first kappa shape index (κ1) is 16.4. The van der Waals surface area contributed by atoms with Gasteiger partial charge in [0.1, 0.15) is 0 Å². The minimum atomic E-state index is 0.0746. The molecule has 1 aromatic rings. The molecule has 0 atom stereocenters. The number of piperazine rings is 1. The van der Waals surface area contributed by atoms with Gasteiger partial charge in [0.05, 0.1) is 0 Å². The lowest BCUT2D eigenvalue weighted by Gasteiger charge is -2.36. The van der Waals surface area contributed by atoms with Crippen LogP contribution in [0, 0.1) is 5.92 Å². The topological polar surface area (TPSA) is 40.6 Å². The van der Waals surface area contributed by atoms with Gasteiger partial charge in [-0.15, -0.1) is 11.8 Å². The van der Waals surface area contributed by atoms with Crippen molar-refractivity contribution in [3.8, 4) is 0 Å². The molecule has 2 amide bonds. The van der Waals surface area contributed by atoms with E-state index in [9.17, 15) is 9.59 Å². The van der Waals surface area contributed by atoms with Gasteiger partial charge in [0, 0.05) is 42.6 Å². The number of benzene rings is 1. The van der Waals surface area contributed by atoms with E-state index in [2.05, 4.69) is 0 Å². The lowest BCUT2D eigenvalue weighted by molar-refractivity contribution is -0.136. The van der Waals surface area contributed by atoms with Gasteiger partial charge in [-0.05, 0) is 43.4 Å². The van der Waals surface area contributed by atoms with Gasteiger partial charge in [-0.1, -0.05) is 12.8 Å². The number of hydrogen-bond donors (Lipinski definition) is 0. The van der Waals surface area contributed by atoms with Crippen LogP contribution < -0.4 is 0 Å². The molecule has 1 aliphatic carbocycles. The average Bonchev–Trinajstić information content (AvgIpc) is 3.15. The first-order valence-electron chi connectivity index (χ1n) is 8.41. The van der Waals surface area contributed by atoms with E-state index in [-0.39, 0.29) is 11.8 Å². The number of carbonyl (C=O) groups is 2. The zero-order chi connectivity index (χ0) is 16.2. The van der Waals surface area contributed by atoms with Crippen molar-refractivity contribution in [2.45, 2.75) is 30.6 Å². The van der Waals surface area contributed by atoms with Crippen LogP contribution in [0.4, 0.5) is 0 Å². The van der Waals surface area contributed by atoms with Gasteiger partial charge in [0.15, 0.2) is 0 Å². The second kappa shape index (κ2) is 7.39. The van der Waals surface area contributed by atoms with Crippen LogP contribution >= 0.6 is 11.8 Å². The third kappa shape index (κ3) is 3.71. The summed E-state index contributed by atoms with van der Waals surface area (Å²) in [4.78, 5) is 30.0. The van der Waals surface area contributed by atoms with E-state index in [4.69, 9.17) is 0 Å². The summed E-state index contributed by atoms with van der Waals surface area (Å²) in [6, 6.07) is 7.75. The summed E-state index contributed by atoms with van der Waals surface area (Å²) in [6.07, 6.45) is 6.47. The van der Waals surface area contributed by atoms with Crippen LogP contribution in [0.15, 0.2) is 29.2 Å². The second-order valence-electron chi connectivity index (χ2n) is 6.33. The molecule has 1 heterocycles. The van der Waals surface area contributed by atoms with Gasteiger partial charge >= 0.3 is 0 Å². The Balaban J connectivity index is 1.55. The maximum atomic E-state index is 12.5. The van der Waals surface area contributed by atoms with E-state index in [0.29, 0.717) is 32.1 Å². The van der Waals surface area contributed by atoms with E-state index in [0.717, 1.165) is 23.3 Å². The Morgan fingerprint density at radius 1 is 0.957 bits per heavy atom. The smallest absolute Gasteiger partial charge is 0.253 e. The first-order valence-corrected chi connectivity index (χ1v) is 9.63. The monoisotopic (exact) mass is 332 g/mol. The molecule has 2 aliphatic rings. The zero-order valence-corrected chi connectivity index (χ0v) is 14.5. The number of nitrogens with zero attached hydrogens (tertiary/aromatic N) is 2. The molecule has 0 unspecified atom stereocenters. The molecule has 0 spiro atoms. The number of rotatable bonds is 3. The van der Waals surface area contributed by atoms with Crippen molar-refractivity contribution in [3.05, 3.63) is 29.8 Å². The molecule has 5 heteroatoms. The molecule has 2 fully saturated rings. The lowest BCUT2D eigenvalue weighted by Crippen LogP contribution is -2.51. The Morgan fingerprint density at radius 2 is 1.52 bits per heavy atom. The Bertz CT molecular complexity index is 559. The fraction of sp³-hybridized carbons (Fsp3) is 0.556. The first-order chi connectivity index (χ1) is 11.2. The number of thioether (sulfide) groups is 1. The molecule has 1 saturated heterocycles. The van der Waals surface area contributed by atoms with Crippen molar-refractivity contribution in [2.24, 2.45) is 5.92 Å². The molecule has 3 rings (SSSR count). The second-order valence-corrected chi connectivity index (χ2v) is 7.21. The Morgan fingerprint density at radius 3 is 2.09 bits per heavy atom. The average molecular weight is 332 g/mol. The molecular weight excluding hydrogens is 308 g/mol. The van der Waals surface area contributed by atoms with Crippen molar-refractivity contribution < 1.29 is 9.59 Å². The molecule has 0 N–H and O–H groups in total. The van der Waals surface area contributed by atoms with Crippen LogP contribution in [0.2, 0.25) is 0 Å². The minimum absolute atomic E-state index is 0.0746. The van der Waals surface area contributed by atoms with Crippen LogP contribution in [0.5, 0.6) is 0 Å². The summed E-state index contributed by atoms with van der Waals surface area (Å²) >= 11 is 1.67. The van der Waals surface area contributed by atoms with Crippen molar-refractivity contribution in [1.29, 1.82) is 0 Å². The highest BCUT2D eigenvalue weighted by Gasteiger charge is 2.30. The summed E-state index contributed by atoms with van der Waals surface area (Å²) < 4.78 is 0. The van der Waals surface area contributed by atoms with E-state index >= 15 is 0 Å². The fourth-order valence-electron chi connectivity index (χ4n) is 3.48. The van der Waals surface area contributed by atoms with E-state index in [1.54, 1.807) is 11.8 Å². The van der Waals surface area contributed by atoms with Gasteiger partial charge in [-0.2, -0.15) is 0 Å². The van der Waals surface area contributed by atoms with Gasteiger partial charge in [-0.25, -0.2) is 0 Å². The predicted molar refractivity (Wildman–Crippen MR) is 92.7 cm³/mol. The molecule has 1 aliphatic heterocycles. The molecule has 124 valence electrons. The SMILES string of the molecule is CSc1ccc(C(=O)N2CCN(C(=O)C3CCCC3)CC2)cc1. The molecular formula is C18H24N2O2S. The highest BCUT2D eigenvalue weighted by atomic mass is 32.2. The Labute approximate surface area is 142 Å².